The minimum atomic E-state index is -0.0310. The van der Waals surface area contributed by atoms with Gasteiger partial charge in [-0.05, 0) is 22.4 Å². The highest BCUT2D eigenvalue weighted by molar-refractivity contribution is 7.13. The zero-order valence-electron chi connectivity index (χ0n) is 8.47. The maximum absolute atomic E-state index is 11.5. The molecule has 4 nitrogen and oxygen atoms in total. The van der Waals surface area contributed by atoms with Crippen molar-refractivity contribution < 1.29 is 4.79 Å². The Hall–Kier alpha value is -1.40. The number of thiophene rings is 1. The molecule has 0 radical (unpaired) electrons. The molecule has 2 rings (SSSR count). The maximum Gasteiger partial charge on any atom is 0.226 e. The molecule has 84 valence electrons. The van der Waals surface area contributed by atoms with Gasteiger partial charge in [-0.1, -0.05) is 0 Å². The summed E-state index contributed by atoms with van der Waals surface area (Å²) in [4.78, 5) is 15.6. The van der Waals surface area contributed by atoms with Crippen LogP contribution in [0.5, 0.6) is 0 Å². The second-order valence-electron chi connectivity index (χ2n) is 3.26. The van der Waals surface area contributed by atoms with Gasteiger partial charge in [-0.3, -0.25) is 4.79 Å². The minimum absolute atomic E-state index is 0.0310. The Balaban J connectivity index is 1.81. The van der Waals surface area contributed by atoms with Gasteiger partial charge in [0.1, 0.15) is 0 Å². The highest BCUT2D eigenvalue weighted by Gasteiger charge is 2.06. The molecule has 0 aliphatic carbocycles. The van der Waals surface area contributed by atoms with Gasteiger partial charge in [0.25, 0.3) is 0 Å². The lowest BCUT2D eigenvalue weighted by Crippen LogP contribution is -2.24. The fourth-order valence-corrected chi connectivity index (χ4v) is 2.46. The van der Waals surface area contributed by atoms with Gasteiger partial charge < -0.3 is 11.1 Å². The van der Waals surface area contributed by atoms with Crippen molar-refractivity contribution in [1.82, 2.24) is 10.3 Å². The first-order chi connectivity index (χ1) is 7.74. The van der Waals surface area contributed by atoms with E-state index in [0.717, 1.165) is 11.3 Å². The Bertz CT molecular complexity index is 464. The van der Waals surface area contributed by atoms with Gasteiger partial charge in [0.05, 0.1) is 12.1 Å². The molecule has 0 unspecified atom stereocenters. The molecule has 0 bridgehead atoms. The average Bonchev–Trinajstić information content (AvgIpc) is 2.87. The number of anilines is 1. The van der Waals surface area contributed by atoms with Crippen LogP contribution in [0.15, 0.2) is 22.2 Å². The van der Waals surface area contributed by atoms with Crippen molar-refractivity contribution in [2.75, 3.05) is 5.73 Å². The van der Waals surface area contributed by atoms with Crippen LogP contribution in [0.4, 0.5) is 5.13 Å². The van der Waals surface area contributed by atoms with Crippen LogP contribution in [0.2, 0.25) is 0 Å². The van der Waals surface area contributed by atoms with E-state index in [4.69, 9.17) is 5.73 Å². The van der Waals surface area contributed by atoms with Gasteiger partial charge in [0.2, 0.25) is 5.91 Å². The molecule has 3 N–H and O–H groups in total. The number of carbonyl (C=O) groups is 1. The largest absolute Gasteiger partial charge is 0.375 e. The molecule has 2 heterocycles. The van der Waals surface area contributed by atoms with E-state index in [2.05, 4.69) is 10.3 Å². The summed E-state index contributed by atoms with van der Waals surface area (Å²) in [6, 6.07) is 1.99. The zero-order valence-corrected chi connectivity index (χ0v) is 10.1. The molecule has 0 aromatic carbocycles. The van der Waals surface area contributed by atoms with Gasteiger partial charge in [0, 0.05) is 11.9 Å². The fraction of sp³-hybridized carbons (Fsp3) is 0.200. The highest BCUT2D eigenvalue weighted by atomic mass is 32.1. The summed E-state index contributed by atoms with van der Waals surface area (Å²) in [5.74, 6) is -0.0310. The van der Waals surface area contributed by atoms with Crippen molar-refractivity contribution in [3.8, 4) is 0 Å². The second kappa shape index (κ2) is 5.09. The number of thiazole rings is 1. The number of amides is 1. The fourth-order valence-electron chi connectivity index (χ4n) is 1.22. The summed E-state index contributed by atoms with van der Waals surface area (Å²) in [6.07, 6.45) is 0.290. The normalized spacial score (nSPS) is 10.2. The average molecular weight is 253 g/mol. The van der Waals surface area contributed by atoms with Gasteiger partial charge in [-0.15, -0.1) is 11.3 Å². The van der Waals surface area contributed by atoms with E-state index in [1.54, 1.807) is 16.7 Å². The van der Waals surface area contributed by atoms with Gasteiger partial charge in [0.15, 0.2) is 5.13 Å². The highest BCUT2D eigenvalue weighted by Crippen LogP contribution is 2.11. The monoisotopic (exact) mass is 253 g/mol. The summed E-state index contributed by atoms with van der Waals surface area (Å²) in [5.41, 5.74) is 7.33. The Morgan fingerprint density at radius 3 is 3.00 bits per heavy atom. The van der Waals surface area contributed by atoms with Crippen LogP contribution in [0, 0.1) is 0 Å². The van der Waals surface area contributed by atoms with Crippen molar-refractivity contribution in [2.45, 2.75) is 13.0 Å². The van der Waals surface area contributed by atoms with E-state index in [9.17, 15) is 4.79 Å². The van der Waals surface area contributed by atoms with Crippen LogP contribution < -0.4 is 11.1 Å². The molecule has 0 saturated heterocycles. The first-order valence-electron chi connectivity index (χ1n) is 4.71. The van der Waals surface area contributed by atoms with E-state index in [1.807, 2.05) is 16.8 Å². The van der Waals surface area contributed by atoms with E-state index in [1.165, 1.54) is 11.3 Å². The quantitative estimate of drug-likeness (QED) is 0.870. The molecule has 0 spiro atoms. The number of nitrogens with two attached hydrogens (primary N) is 1. The van der Waals surface area contributed by atoms with Crippen LogP contribution in [-0.2, 0) is 17.8 Å². The summed E-state index contributed by atoms with van der Waals surface area (Å²) >= 11 is 2.97. The number of hydrogen-bond donors (Lipinski definition) is 2. The van der Waals surface area contributed by atoms with E-state index in [0.29, 0.717) is 11.7 Å². The number of hydrogen-bond acceptors (Lipinski definition) is 5. The number of nitrogen functional groups attached to an aromatic ring is 1. The van der Waals surface area contributed by atoms with Crippen LogP contribution in [0.25, 0.3) is 0 Å². The standard InChI is InChI=1S/C10H11N3OS2/c11-10-13-8(6-16-10)3-9(14)12-4-7-1-2-15-5-7/h1-2,5-6H,3-4H2,(H2,11,13)(H,12,14). The summed E-state index contributed by atoms with van der Waals surface area (Å²) in [6.45, 7) is 0.571. The van der Waals surface area contributed by atoms with Crippen molar-refractivity contribution in [1.29, 1.82) is 0 Å². The molecular formula is C10H11N3OS2. The molecule has 2 aromatic rings. The number of rotatable bonds is 4. The van der Waals surface area contributed by atoms with Crippen LogP contribution in [0.1, 0.15) is 11.3 Å². The number of carbonyl (C=O) groups excluding carboxylic acids is 1. The summed E-state index contributed by atoms with van der Waals surface area (Å²) < 4.78 is 0. The Morgan fingerprint density at radius 2 is 2.38 bits per heavy atom. The van der Waals surface area contributed by atoms with Crippen LogP contribution in [-0.4, -0.2) is 10.9 Å². The molecule has 2 aromatic heterocycles. The third kappa shape index (κ3) is 3.04. The molecule has 0 aliphatic rings. The third-order valence-electron chi connectivity index (χ3n) is 1.98. The van der Waals surface area contributed by atoms with E-state index < -0.39 is 0 Å². The number of nitrogens with zero attached hydrogens (tertiary/aromatic N) is 1. The van der Waals surface area contributed by atoms with Crippen molar-refractivity contribution >= 4 is 33.7 Å². The SMILES string of the molecule is Nc1nc(CC(=O)NCc2ccsc2)cs1. The first-order valence-corrected chi connectivity index (χ1v) is 6.54. The molecule has 0 saturated carbocycles. The van der Waals surface area contributed by atoms with Crippen molar-refractivity contribution in [2.24, 2.45) is 0 Å². The lowest BCUT2D eigenvalue weighted by Gasteiger charge is -2.01. The van der Waals surface area contributed by atoms with Gasteiger partial charge in [-0.25, -0.2) is 4.98 Å². The maximum atomic E-state index is 11.5. The zero-order chi connectivity index (χ0) is 11.4. The lowest BCUT2D eigenvalue weighted by molar-refractivity contribution is -0.120. The lowest BCUT2D eigenvalue weighted by atomic mass is 10.3. The molecular weight excluding hydrogens is 242 g/mol. The smallest absolute Gasteiger partial charge is 0.226 e. The van der Waals surface area contributed by atoms with Gasteiger partial charge >= 0.3 is 0 Å². The first kappa shape index (κ1) is 11.1. The van der Waals surface area contributed by atoms with Crippen LogP contribution >= 0.6 is 22.7 Å². The van der Waals surface area contributed by atoms with E-state index in [-0.39, 0.29) is 12.3 Å². The minimum Gasteiger partial charge on any atom is -0.375 e. The molecule has 0 aliphatic heterocycles. The third-order valence-corrected chi connectivity index (χ3v) is 3.44. The molecule has 1 amide bonds. The topological polar surface area (TPSA) is 68.0 Å². The molecule has 0 fully saturated rings. The van der Waals surface area contributed by atoms with Gasteiger partial charge in [-0.2, -0.15) is 11.3 Å². The second-order valence-corrected chi connectivity index (χ2v) is 4.93. The molecule has 6 heteroatoms. The van der Waals surface area contributed by atoms with Crippen molar-refractivity contribution in [3.63, 3.8) is 0 Å². The summed E-state index contributed by atoms with van der Waals surface area (Å²) in [5, 5.41) is 9.14. The Kier molecular flexibility index (Phi) is 3.53. The number of nitrogens with one attached hydrogen (secondary N) is 1. The molecule has 16 heavy (non-hydrogen) atoms. The van der Waals surface area contributed by atoms with E-state index >= 15 is 0 Å². The predicted molar refractivity (Wildman–Crippen MR) is 66.4 cm³/mol. The summed E-state index contributed by atoms with van der Waals surface area (Å²) in [7, 11) is 0. The Morgan fingerprint density at radius 1 is 1.50 bits per heavy atom. The molecule has 0 atom stereocenters. The predicted octanol–water partition coefficient (Wildman–Crippen LogP) is 1.65. The Labute approximate surface area is 101 Å². The van der Waals surface area contributed by atoms with Crippen LogP contribution in [0.3, 0.4) is 0 Å². The van der Waals surface area contributed by atoms with Crippen molar-refractivity contribution in [3.05, 3.63) is 33.5 Å². The number of aromatic nitrogens is 1.